The number of carbonyl (C=O) groups excluding carboxylic acids is 3. The van der Waals surface area contributed by atoms with Gasteiger partial charge in [0.05, 0.1) is 25.9 Å². The van der Waals surface area contributed by atoms with E-state index in [1.165, 1.54) is 12.8 Å². The van der Waals surface area contributed by atoms with Crippen LogP contribution in [0.3, 0.4) is 0 Å². The van der Waals surface area contributed by atoms with Gasteiger partial charge in [-0.1, -0.05) is 37.8 Å². The molecule has 1 amide bonds. The Morgan fingerprint density at radius 3 is 2.61 bits per heavy atom. The highest BCUT2D eigenvalue weighted by Crippen LogP contribution is 2.28. The normalized spacial score (nSPS) is 25.4. The average Bonchev–Trinajstić information content (AvgIpc) is 3.40. The van der Waals surface area contributed by atoms with E-state index in [0.29, 0.717) is 64.3 Å². The van der Waals surface area contributed by atoms with E-state index in [2.05, 4.69) is 10.2 Å². The number of aryl methyl sites for hydroxylation is 1. The van der Waals surface area contributed by atoms with E-state index in [-0.39, 0.29) is 23.9 Å². The van der Waals surface area contributed by atoms with Crippen molar-refractivity contribution < 1.29 is 23.9 Å². The first-order chi connectivity index (χ1) is 17.6. The fourth-order valence-electron chi connectivity index (χ4n) is 5.66. The molecule has 0 spiro atoms. The van der Waals surface area contributed by atoms with Crippen LogP contribution in [0.2, 0.25) is 0 Å². The summed E-state index contributed by atoms with van der Waals surface area (Å²) >= 11 is 0. The maximum Gasteiger partial charge on any atom is 0.224 e. The van der Waals surface area contributed by atoms with Crippen molar-refractivity contribution >= 4 is 17.5 Å². The molecule has 0 aromatic heterocycles. The predicted molar refractivity (Wildman–Crippen MR) is 138 cm³/mol. The number of rotatable bonds is 6. The van der Waals surface area contributed by atoms with Crippen LogP contribution < -0.4 is 10.1 Å². The van der Waals surface area contributed by atoms with Crippen molar-refractivity contribution in [2.24, 2.45) is 11.8 Å². The molecule has 2 aliphatic heterocycles. The van der Waals surface area contributed by atoms with Crippen LogP contribution in [0.15, 0.2) is 24.3 Å². The van der Waals surface area contributed by atoms with Gasteiger partial charge in [0.1, 0.15) is 11.5 Å². The molecule has 7 heteroatoms. The molecule has 1 saturated heterocycles. The van der Waals surface area contributed by atoms with Crippen LogP contribution in [0.4, 0.5) is 0 Å². The fraction of sp³-hybridized carbons (Fsp3) is 0.690. The first-order valence-electron chi connectivity index (χ1n) is 13.9. The third kappa shape index (κ3) is 8.41. The molecule has 2 heterocycles. The van der Waals surface area contributed by atoms with Crippen LogP contribution in [-0.2, 0) is 25.5 Å². The van der Waals surface area contributed by atoms with Gasteiger partial charge in [-0.2, -0.15) is 0 Å². The maximum atomic E-state index is 13.5. The molecule has 1 aromatic rings. The van der Waals surface area contributed by atoms with Crippen LogP contribution >= 0.6 is 0 Å². The minimum Gasteiger partial charge on any atom is -0.494 e. The second-order valence-electron chi connectivity index (χ2n) is 10.7. The highest BCUT2D eigenvalue weighted by molar-refractivity contribution is 5.92. The number of morpholine rings is 1. The largest absolute Gasteiger partial charge is 0.494 e. The molecule has 1 N–H and O–H groups in total. The third-order valence-corrected chi connectivity index (χ3v) is 7.91. The molecule has 2 bridgehead atoms. The number of nitrogens with zero attached hydrogens (tertiary/aromatic N) is 1. The van der Waals surface area contributed by atoms with Gasteiger partial charge >= 0.3 is 0 Å². The highest BCUT2D eigenvalue weighted by Gasteiger charge is 2.29. The van der Waals surface area contributed by atoms with E-state index >= 15 is 0 Å². The van der Waals surface area contributed by atoms with Crippen molar-refractivity contribution in [1.82, 2.24) is 10.2 Å². The number of ketones is 2. The molecule has 1 saturated carbocycles. The molecule has 36 heavy (non-hydrogen) atoms. The third-order valence-electron chi connectivity index (χ3n) is 7.91. The van der Waals surface area contributed by atoms with Crippen LogP contribution in [0.1, 0.15) is 69.8 Å². The summed E-state index contributed by atoms with van der Waals surface area (Å²) < 4.78 is 11.4. The zero-order valence-corrected chi connectivity index (χ0v) is 21.6. The second kappa shape index (κ2) is 13.9. The summed E-state index contributed by atoms with van der Waals surface area (Å²) in [6, 6.07) is 7.37. The summed E-state index contributed by atoms with van der Waals surface area (Å²) in [6.07, 6.45) is 8.21. The molecule has 1 aliphatic carbocycles. The average molecular weight is 499 g/mol. The molecule has 1 aromatic carbocycles. The van der Waals surface area contributed by atoms with Crippen LogP contribution in [0.5, 0.6) is 5.75 Å². The van der Waals surface area contributed by atoms with Crippen LogP contribution in [-0.4, -0.2) is 67.9 Å². The van der Waals surface area contributed by atoms with Gasteiger partial charge in [-0.25, -0.2) is 0 Å². The van der Waals surface area contributed by atoms with Gasteiger partial charge in [-0.3, -0.25) is 19.3 Å². The van der Waals surface area contributed by atoms with Crippen LogP contribution in [0, 0.1) is 11.8 Å². The highest BCUT2D eigenvalue weighted by atomic mass is 16.5. The van der Waals surface area contributed by atoms with E-state index in [1.807, 2.05) is 24.3 Å². The number of Topliss-reactive ketones (excluding diaryl/α,β-unsaturated/α-hetero) is 2. The van der Waals surface area contributed by atoms with E-state index in [4.69, 9.17) is 9.47 Å². The quantitative estimate of drug-likeness (QED) is 0.644. The predicted octanol–water partition coefficient (Wildman–Crippen LogP) is 3.72. The Morgan fingerprint density at radius 2 is 1.81 bits per heavy atom. The summed E-state index contributed by atoms with van der Waals surface area (Å²) in [7, 11) is 0. The van der Waals surface area contributed by atoms with Crippen molar-refractivity contribution in [3.8, 4) is 5.75 Å². The number of amides is 1. The van der Waals surface area contributed by atoms with E-state index in [0.717, 1.165) is 43.8 Å². The summed E-state index contributed by atoms with van der Waals surface area (Å²) in [6.45, 7) is 4.35. The lowest BCUT2D eigenvalue weighted by Gasteiger charge is -2.28. The molecule has 0 radical (unpaired) electrons. The number of benzene rings is 1. The molecule has 4 rings (SSSR count). The lowest BCUT2D eigenvalue weighted by molar-refractivity contribution is -0.133. The van der Waals surface area contributed by atoms with E-state index < -0.39 is 12.0 Å². The number of hydrogen-bond acceptors (Lipinski definition) is 6. The molecule has 2 fully saturated rings. The molecule has 7 nitrogen and oxygen atoms in total. The Hall–Kier alpha value is -2.25. The Labute approximate surface area is 215 Å². The van der Waals surface area contributed by atoms with E-state index in [1.54, 1.807) is 0 Å². The second-order valence-corrected chi connectivity index (χ2v) is 10.7. The van der Waals surface area contributed by atoms with Gasteiger partial charge in [0.2, 0.25) is 5.91 Å². The smallest absolute Gasteiger partial charge is 0.224 e. The van der Waals surface area contributed by atoms with E-state index in [9.17, 15) is 14.4 Å². The molecule has 198 valence electrons. The first kappa shape index (κ1) is 26.8. The summed E-state index contributed by atoms with van der Waals surface area (Å²) in [5, 5.41) is 3.09. The van der Waals surface area contributed by atoms with Gasteiger partial charge in [0.25, 0.3) is 0 Å². The van der Waals surface area contributed by atoms with Crippen molar-refractivity contribution in [1.29, 1.82) is 0 Å². The molecular formula is C29H42N2O5. The van der Waals surface area contributed by atoms with Crippen LogP contribution in [0.25, 0.3) is 0 Å². The van der Waals surface area contributed by atoms with Gasteiger partial charge in [0.15, 0.2) is 5.78 Å². The Kier molecular flexibility index (Phi) is 10.3. The van der Waals surface area contributed by atoms with Gasteiger partial charge in [-0.05, 0) is 55.8 Å². The summed E-state index contributed by atoms with van der Waals surface area (Å²) in [5.41, 5.74) is 1.06. The monoisotopic (exact) mass is 498 g/mol. The lowest BCUT2D eigenvalue weighted by Crippen LogP contribution is -2.45. The number of ether oxygens (including phenoxy) is 2. The van der Waals surface area contributed by atoms with Crippen molar-refractivity contribution in [2.45, 2.75) is 76.7 Å². The fourth-order valence-corrected chi connectivity index (χ4v) is 5.66. The van der Waals surface area contributed by atoms with Crippen molar-refractivity contribution in [3.63, 3.8) is 0 Å². The first-order valence-corrected chi connectivity index (χ1v) is 13.9. The topological polar surface area (TPSA) is 84.9 Å². The Balaban J connectivity index is 1.46. The summed E-state index contributed by atoms with van der Waals surface area (Å²) in [5.74, 6) is 0.860. The SMILES string of the molecule is O=C1CCc2cccc(c2)OCCC[C@@H](C(=O)CC2CCCC2)NC(=O)[C@H](CCN2CCOCC2)C1. The standard InChI is InChI=1S/C29H42N2O5/c32-25-11-10-23-7-3-8-26(19-23)36-16-4-9-27(28(33)20-22-5-1-2-6-22)30-29(34)24(21-25)12-13-31-14-17-35-18-15-31/h3,7-8,19,22,24,27H,1-2,4-6,9-18,20-21H2,(H,30,34)/t24-,27+/m1/s1. The molecule has 3 aliphatic rings. The zero-order valence-electron chi connectivity index (χ0n) is 21.6. The number of fused-ring (bicyclic) bond motifs is 2. The molecule has 2 atom stereocenters. The Morgan fingerprint density at radius 1 is 1.00 bits per heavy atom. The minimum absolute atomic E-state index is 0.0900. The maximum absolute atomic E-state index is 13.5. The van der Waals surface area contributed by atoms with Gasteiger partial charge in [0, 0.05) is 38.3 Å². The zero-order chi connectivity index (χ0) is 25.2. The summed E-state index contributed by atoms with van der Waals surface area (Å²) in [4.78, 5) is 42.0. The molecule has 0 unspecified atom stereocenters. The molecular weight excluding hydrogens is 456 g/mol. The number of hydrogen-bond donors (Lipinski definition) is 1. The lowest BCUT2D eigenvalue weighted by atomic mass is 9.92. The minimum atomic E-state index is -0.515. The van der Waals surface area contributed by atoms with Crippen molar-refractivity contribution in [2.75, 3.05) is 39.5 Å². The van der Waals surface area contributed by atoms with Crippen molar-refractivity contribution in [3.05, 3.63) is 29.8 Å². The number of carbonyl (C=O) groups is 3. The van der Waals surface area contributed by atoms with Gasteiger partial charge < -0.3 is 14.8 Å². The number of nitrogens with one attached hydrogen (secondary N) is 1. The van der Waals surface area contributed by atoms with Gasteiger partial charge in [-0.15, -0.1) is 0 Å². The Bertz CT molecular complexity index is 876.